The summed E-state index contributed by atoms with van der Waals surface area (Å²) in [4.78, 5) is 16.9. The zero-order chi connectivity index (χ0) is 12.4. The molecule has 0 spiro atoms. The third-order valence-corrected chi connectivity index (χ3v) is 5.14. The van der Waals surface area contributed by atoms with Gasteiger partial charge in [0.1, 0.15) is 0 Å². The van der Waals surface area contributed by atoms with Crippen LogP contribution in [-0.2, 0) is 0 Å². The van der Waals surface area contributed by atoms with Gasteiger partial charge in [-0.25, -0.2) is 0 Å². The standard InChI is InChI=1S/C13H19NOS2/c1-9-6-12(11(3)17-9)13(15)8-14-4-5-16-10(2)7-14/h6,10H,4-5,7-8H2,1-3H3. The van der Waals surface area contributed by atoms with Gasteiger partial charge in [-0.2, -0.15) is 11.8 Å². The third-order valence-electron chi connectivity index (χ3n) is 3.03. The van der Waals surface area contributed by atoms with E-state index < -0.39 is 0 Å². The first-order valence-corrected chi connectivity index (χ1v) is 7.87. The molecule has 1 unspecified atom stereocenters. The van der Waals surface area contributed by atoms with Crippen molar-refractivity contribution in [3.63, 3.8) is 0 Å². The van der Waals surface area contributed by atoms with Crippen LogP contribution in [-0.4, -0.2) is 41.3 Å². The van der Waals surface area contributed by atoms with Crippen LogP contribution in [0.2, 0.25) is 0 Å². The van der Waals surface area contributed by atoms with Gasteiger partial charge in [-0.1, -0.05) is 6.92 Å². The van der Waals surface area contributed by atoms with E-state index in [4.69, 9.17) is 0 Å². The molecule has 1 saturated heterocycles. The lowest BCUT2D eigenvalue weighted by atomic mass is 10.1. The van der Waals surface area contributed by atoms with Crippen molar-refractivity contribution in [2.24, 2.45) is 0 Å². The molecule has 1 atom stereocenters. The van der Waals surface area contributed by atoms with Crippen molar-refractivity contribution in [3.05, 3.63) is 21.4 Å². The van der Waals surface area contributed by atoms with Gasteiger partial charge in [0, 0.05) is 39.4 Å². The highest BCUT2D eigenvalue weighted by Crippen LogP contribution is 2.22. The Kier molecular flexibility index (Phi) is 4.28. The number of thioether (sulfide) groups is 1. The second-order valence-electron chi connectivity index (χ2n) is 4.67. The minimum Gasteiger partial charge on any atom is -0.294 e. The predicted molar refractivity (Wildman–Crippen MR) is 76.5 cm³/mol. The van der Waals surface area contributed by atoms with Crippen LogP contribution in [0.25, 0.3) is 0 Å². The topological polar surface area (TPSA) is 20.3 Å². The summed E-state index contributed by atoms with van der Waals surface area (Å²) >= 11 is 3.72. The Morgan fingerprint density at radius 2 is 2.29 bits per heavy atom. The van der Waals surface area contributed by atoms with Crippen molar-refractivity contribution in [1.82, 2.24) is 4.90 Å². The fourth-order valence-electron chi connectivity index (χ4n) is 2.23. The molecular weight excluding hydrogens is 250 g/mol. The van der Waals surface area contributed by atoms with Crippen LogP contribution in [0, 0.1) is 13.8 Å². The molecule has 2 heterocycles. The number of ketones is 1. The third kappa shape index (κ3) is 3.33. The molecule has 0 N–H and O–H groups in total. The highest BCUT2D eigenvalue weighted by Gasteiger charge is 2.20. The molecule has 2 rings (SSSR count). The van der Waals surface area contributed by atoms with Gasteiger partial charge >= 0.3 is 0 Å². The smallest absolute Gasteiger partial charge is 0.177 e. The van der Waals surface area contributed by atoms with Crippen molar-refractivity contribution in [2.75, 3.05) is 25.4 Å². The Morgan fingerprint density at radius 3 is 2.88 bits per heavy atom. The van der Waals surface area contributed by atoms with E-state index in [9.17, 15) is 4.79 Å². The lowest BCUT2D eigenvalue weighted by Gasteiger charge is -2.29. The van der Waals surface area contributed by atoms with Gasteiger partial charge in [-0.15, -0.1) is 11.3 Å². The molecule has 0 saturated carbocycles. The first-order valence-electron chi connectivity index (χ1n) is 6.00. The Morgan fingerprint density at radius 1 is 1.53 bits per heavy atom. The van der Waals surface area contributed by atoms with Crippen LogP contribution < -0.4 is 0 Å². The normalized spacial score (nSPS) is 21.7. The summed E-state index contributed by atoms with van der Waals surface area (Å²) in [5.41, 5.74) is 0.929. The van der Waals surface area contributed by atoms with E-state index in [1.165, 1.54) is 4.88 Å². The molecule has 94 valence electrons. The van der Waals surface area contributed by atoms with E-state index in [0.717, 1.165) is 29.3 Å². The van der Waals surface area contributed by atoms with Gasteiger partial charge in [-0.3, -0.25) is 9.69 Å². The van der Waals surface area contributed by atoms with Gasteiger partial charge in [-0.05, 0) is 19.9 Å². The number of thiophene rings is 1. The van der Waals surface area contributed by atoms with E-state index in [1.807, 2.05) is 24.8 Å². The van der Waals surface area contributed by atoms with Crippen LogP contribution in [0.15, 0.2) is 6.07 Å². The minimum absolute atomic E-state index is 0.283. The summed E-state index contributed by atoms with van der Waals surface area (Å²) in [6.07, 6.45) is 0. The molecule has 4 heteroatoms. The number of carbonyl (C=O) groups is 1. The quantitative estimate of drug-likeness (QED) is 0.787. The van der Waals surface area contributed by atoms with Crippen molar-refractivity contribution < 1.29 is 4.79 Å². The molecular formula is C13H19NOS2. The molecule has 1 aliphatic rings. The first kappa shape index (κ1) is 13.1. The molecule has 1 aliphatic heterocycles. The summed E-state index contributed by atoms with van der Waals surface area (Å²) in [6.45, 7) is 9.01. The summed E-state index contributed by atoms with van der Waals surface area (Å²) in [7, 11) is 0. The average molecular weight is 269 g/mol. The number of hydrogen-bond donors (Lipinski definition) is 0. The highest BCUT2D eigenvalue weighted by molar-refractivity contribution is 7.99. The second-order valence-corrected chi connectivity index (χ2v) is 7.67. The molecule has 0 aliphatic carbocycles. The molecule has 1 fully saturated rings. The van der Waals surface area contributed by atoms with Crippen LogP contribution in [0.3, 0.4) is 0 Å². The van der Waals surface area contributed by atoms with Gasteiger partial charge < -0.3 is 0 Å². The number of nitrogens with zero attached hydrogens (tertiary/aromatic N) is 1. The zero-order valence-corrected chi connectivity index (χ0v) is 12.3. The lowest BCUT2D eigenvalue weighted by Crippen LogP contribution is -2.39. The van der Waals surface area contributed by atoms with Crippen LogP contribution in [0.4, 0.5) is 0 Å². The first-order chi connectivity index (χ1) is 8.06. The lowest BCUT2D eigenvalue weighted by molar-refractivity contribution is 0.0933. The Labute approximate surface area is 111 Å². The monoisotopic (exact) mass is 269 g/mol. The Hall–Kier alpha value is -0.320. The molecule has 0 bridgehead atoms. The number of Topliss-reactive ketones (excluding diaryl/α,β-unsaturated/α-hetero) is 1. The van der Waals surface area contributed by atoms with Crippen molar-refractivity contribution >= 4 is 28.9 Å². The summed E-state index contributed by atoms with van der Waals surface area (Å²) in [5.74, 6) is 1.43. The van der Waals surface area contributed by atoms with Crippen LogP contribution >= 0.6 is 23.1 Å². The van der Waals surface area contributed by atoms with Gasteiger partial charge in [0.2, 0.25) is 0 Å². The van der Waals surface area contributed by atoms with Crippen LogP contribution in [0.1, 0.15) is 27.0 Å². The number of aryl methyl sites for hydroxylation is 2. The molecule has 2 nitrogen and oxygen atoms in total. The van der Waals surface area contributed by atoms with Crippen molar-refractivity contribution in [2.45, 2.75) is 26.0 Å². The van der Waals surface area contributed by atoms with Gasteiger partial charge in [0.05, 0.1) is 6.54 Å². The SMILES string of the molecule is Cc1cc(C(=O)CN2CCSC(C)C2)c(C)s1. The van der Waals surface area contributed by atoms with E-state index in [0.29, 0.717) is 11.8 Å². The molecule has 0 amide bonds. The minimum atomic E-state index is 0.283. The number of carbonyl (C=O) groups excluding carboxylic acids is 1. The Bertz CT molecular complexity index is 414. The number of rotatable bonds is 3. The maximum absolute atomic E-state index is 12.2. The maximum Gasteiger partial charge on any atom is 0.177 e. The zero-order valence-electron chi connectivity index (χ0n) is 10.7. The second kappa shape index (κ2) is 5.55. The fraction of sp³-hybridized carbons (Fsp3) is 0.615. The van der Waals surface area contributed by atoms with Crippen molar-refractivity contribution in [3.8, 4) is 0 Å². The molecule has 0 aromatic carbocycles. The molecule has 17 heavy (non-hydrogen) atoms. The number of hydrogen-bond acceptors (Lipinski definition) is 4. The van der Waals surface area contributed by atoms with E-state index in [1.54, 1.807) is 11.3 Å². The van der Waals surface area contributed by atoms with Crippen molar-refractivity contribution in [1.29, 1.82) is 0 Å². The summed E-state index contributed by atoms with van der Waals surface area (Å²) in [5, 5.41) is 0.654. The molecule has 1 aromatic rings. The Balaban J connectivity index is 1.99. The fourth-order valence-corrected chi connectivity index (χ4v) is 4.25. The van der Waals surface area contributed by atoms with E-state index >= 15 is 0 Å². The maximum atomic E-state index is 12.2. The largest absolute Gasteiger partial charge is 0.294 e. The average Bonchev–Trinajstić information content (AvgIpc) is 2.58. The molecule has 0 radical (unpaired) electrons. The van der Waals surface area contributed by atoms with Crippen LogP contribution in [0.5, 0.6) is 0 Å². The predicted octanol–water partition coefficient (Wildman–Crippen LogP) is 2.98. The highest BCUT2D eigenvalue weighted by atomic mass is 32.2. The van der Waals surface area contributed by atoms with E-state index in [-0.39, 0.29) is 5.78 Å². The summed E-state index contributed by atoms with van der Waals surface area (Å²) in [6, 6.07) is 2.03. The van der Waals surface area contributed by atoms with Gasteiger partial charge in [0.25, 0.3) is 0 Å². The molecule has 1 aromatic heterocycles. The van der Waals surface area contributed by atoms with Gasteiger partial charge in [0.15, 0.2) is 5.78 Å². The summed E-state index contributed by atoms with van der Waals surface area (Å²) < 4.78 is 0. The van der Waals surface area contributed by atoms with E-state index in [2.05, 4.69) is 18.7 Å².